The maximum Gasteiger partial charge on any atom is 0.196 e. The molecule has 4 rings (SSSR count). The van der Waals surface area contributed by atoms with E-state index in [0.717, 1.165) is 47.6 Å². The Morgan fingerprint density at radius 3 is 2.65 bits per heavy atom. The molecule has 3 aromatic rings. The van der Waals surface area contributed by atoms with E-state index < -0.39 is 0 Å². The molecule has 0 amide bonds. The number of aryl methyl sites for hydroxylation is 2. The van der Waals surface area contributed by atoms with E-state index in [4.69, 9.17) is 4.74 Å². The molecule has 26 heavy (non-hydrogen) atoms. The van der Waals surface area contributed by atoms with E-state index in [1.807, 2.05) is 0 Å². The quantitative estimate of drug-likeness (QED) is 0.616. The van der Waals surface area contributed by atoms with Crippen molar-refractivity contribution in [2.24, 2.45) is 5.92 Å². The summed E-state index contributed by atoms with van der Waals surface area (Å²) in [5.41, 5.74) is 4.66. The molecule has 1 aliphatic heterocycles. The van der Waals surface area contributed by atoms with Crippen LogP contribution in [0.3, 0.4) is 0 Å². The van der Waals surface area contributed by atoms with Gasteiger partial charge >= 0.3 is 0 Å². The van der Waals surface area contributed by atoms with Gasteiger partial charge in [-0.15, -0.1) is 10.2 Å². The van der Waals surface area contributed by atoms with E-state index in [2.05, 4.69) is 77.1 Å². The highest BCUT2D eigenvalue weighted by molar-refractivity contribution is 7.99. The average molecular weight is 366 g/mol. The summed E-state index contributed by atoms with van der Waals surface area (Å²) in [6, 6.07) is 17.0. The first-order chi connectivity index (χ1) is 12.7. The Morgan fingerprint density at radius 1 is 1.08 bits per heavy atom. The third-order valence-corrected chi connectivity index (χ3v) is 5.83. The Kier molecular flexibility index (Phi) is 5.09. The van der Waals surface area contributed by atoms with E-state index >= 15 is 0 Å². The van der Waals surface area contributed by atoms with E-state index in [1.165, 1.54) is 11.1 Å². The number of hydrogen-bond donors (Lipinski definition) is 0. The van der Waals surface area contributed by atoms with Gasteiger partial charge in [0.1, 0.15) is 0 Å². The Hall–Kier alpha value is -2.11. The van der Waals surface area contributed by atoms with Crippen molar-refractivity contribution in [1.82, 2.24) is 14.8 Å². The topological polar surface area (TPSA) is 39.9 Å². The van der Waals surface area contributed by atoms with Crippen molar-refractivity contribution in [3.63, 3.8) is 0 Å². The molecule has 2 heterocycles. The molecular weight excluding hydrogens is 342 g/mol. The van der Waals surface area contributed by atoms with Crippen LogP contribution in [0.5, 0.6) is 0 Å². The predicted molar refractivity (Wildman–Crippen MR) is 106 cm³/mol. The molecule has 5 heteroatoms. The van der Waals surface area contributed by atoms with Gasteiger partial charge in [0.15, 0.2) is 11.0 Å². The molecule has 0 aliphatic carbocycles. The lowest BCUT2D eigenvalue weighted by molar-refractivity contribution is 0.189. The zero-order valence-electron chi connectivity index (χ0n) is 15.2. The SMILES string of the molecule is Cc1ccc(-n2c(SCC3CCOC3)nnc2-c2cccc(C)c2)cc1. The van der Waals surface area contributed by atoms with Crippen molar-refractivity contribution in [2.75, 3.05) is 19.0 Å². The molecule has 1 aliphatic rings. The summed E-state index contributed by atoms with van der Waals surface area (Å²) in [6.07, 6.45) is 1.14. The first-order valence-electron chi connectivity index (χ1n) is 9.01. The van der Waals surface area contributed by atoms with Crippen LogP contribution < -0.4 is 0 Å². The highest BCUT2D eigenvalue weighted by atomic mass is 32.2. The fourth-order valence-electron chi connectivity index (χ4n) is 3.17. The standard InChI is InChI=1S/C21H23N3OS/c1-15-6-8-19(9-7-15)24-20(18-5-3-4-16(2)12-18)22-23-21(24)26-14-17-10-11-25-13-17/h3-9,12,17H,10-11,13-14H2,1-2H3. The number of aromatic nitrogens is 3. The number of rotatable bonds is 5. The lowest BCUT2D eigenvalue weighted by atomic mass is 10.1. The molecule has 0 bridgehead atoms. The van der Waals surface area contributed by atoms with Crippen molar-refractivity contribution in [3.8, 4) is 17.1 Å². The van der Waals surface area contributed by atoms with Gasteiger partial charge in [-0.3, -0.25) is 4.57 Å². The van der Waals surface area contributed by atoms with Crippen molar-refractivity contribution in [2.45, 2.75) is 25.4 Å². The van der Waals surface area contributed by atoms with E-state index in [9.17, 15) is 0 Å². The Labute approximate surface area is 158 Å². The lowest BCUT2D eigenvalue weighted by Crippen LogP contribution is -2.05. The van der Waals surface area contributed by atoms with Crippen LogP contribution >= 0.6 is 11.8 Å². The molecule has 1 aromatic heterocycles. The van der Waals surface area contributed by atoms with Gasteiger partial charge in [0.25, 0.3) is 0 Å². The van der Waals surface area contributed by atoms with Gasteiger partial charge in [-0.1, -0.05) is 53.2 Å². The van der Waals surface area contributed by atoms with Crippen LogP contribution in [-0.2, 0) is 4.74 Å². The van der Waals surface area contributed by atoms with Crippen LogP contribution in [0.1, 0.15) is 17.5 Å². The minimum absolute atomic E-state index is 0.602. The Balaban J connectivity index is 1.72. The van der Waals surface area contributed by atoms with Crippen molar-refractivity contribution in [1.29, 1.82) is 0 Å². The second-order valence-electron chi connectivity index (χ2n) is 6.89. The third kappa shape index (κ3) is 3.69. The van der Waals surface area contributed by atoms with E-state index in [1.54, 1.807) is 11.8 Å². The van der Waals surface area contributed by atoms with Gasteiger partial charge in [0.05, 0.1) is 6.61 Å². The average Bonchev–Trinajstić information content (AvgIpc) is 3.30. The van der Waals surface area contributed by atoms with Gasteiger partial charge in [-0.05, 0) is 44.4 Å². The molecule has 1 fully saturated rings. The molecule has 1 unspecified atom stereocenters. The molecule has 4 nitrogen and oxygen atoms in total. The minimum Gasteiger partial charge on any atom is -0.381 e. The second kappa shape index (κ2) is 7.64. The number of benzene rings is 2. The predicted octanol–water partition coefficient (Wildman–Crippen LogP) is 4.68. The molecule has 1 atom stereocenters. The summed E-state index contributed by atoms with van der Waals surface area (Å²) < 4.78 is 7.68. The summed E-state index contributed by atoms with van der Waals surface area (Å²) >= 11 is 1.77. The Morgan fingerprint density at radius 2 is 1.92 bits per heavy atom. The van der Waals surface area contributed by atoms with E-state index in [-0.39, 0.29) is 0 Å². The molecule has 0 spiro atoms. The monoisotopic (exact) mass is 365 g/mol. The largest absolute Gasteiger partial charge is 0.381 e. The number of thioether (sulfide) groups is 1. The Bertz CT molecular complexity index is 883. The smallest absolute Gasteiger partial charge is 0.196 e. The van der Waals surface area contributed by atoms with Crippen LogP contribution in [-0.4, -0.2) is 33.7 Å². The number of nitrogens with zero attached hydrogens (tertiary/aromatic N) is 3. The minimum atomic E-state index is 0.602. The van der Waals surface area contributed by atoms with Gasteiger partial charge in [-0.25, -0.2) is 0 Å². The van der Waals surface area contributed by atoms with Crippen LogP contribution in [0.15, 0.2) is 53.7 Å². The first kappa shape index (κ1) is 17.3. The molecule has 0 saturated carbocycles. The molecular formula is C21H23N3OS. The molecule has 0 N–H and O–H groups in total. The first-order valence-corrected chi connectivity index (χ1v) is 9.99. The molecule has 2 aromatic carbocycles. The highest BCUT2D eigenvalue weighted by Gasteiger charge is 2.20. The van der Waals surface area contributed by atoms with Crippen LogP contribution in [0.2, 0.25) is 0 Å². The summed E-state index contributed by atoms with van der Waals surface area (Å²) in [7, 11) is 0. The zero-order chi connectivity index (χ0) is 17.9. The van der Waals surface area contributed by atoms with Crippen LogP contribution in [0.25, 0.3) is 17.1 Å². The summed E-state index contributed by atoms with van der Waals surface area (Å²) in [6.45, 7) is 5.94. The summed E-state index contributed by atoms with van der Waals surface area (Å²) in [5.74, 6) is 2.51. The van der Waals surface area contributed by atoms with Gasteiger partial charge in [0, 0.05) is 23.6 Å². The number of ether oxygens (including phenoxy) is 1. The van der Waals surface area contributed by atoms with E-state index in [0.29, 0.717) is 5.92 Å². The van der Waals surface area contributed by atoms with Gasteiger partial charge in [-0.2, -0.15) is 0 Å². The second-order valence-corrected chi connectivity index (χ2v) is 7.87. The molecule has 134 valence electrons. The molecule has 1 saturated heterocycles. The highest BCUT2D eigenvalue weighted by Crippen LogP contribution is 2.30. The van der Waals surface area contributed by atoms with Crippen molar-refractivity contribution >= 4 is 11.8 Å². The number of hydrogen-bond acceptors (Lipinski definition) is 4. The van der Waals surface area contributed by atoms with Gasteiger partial charge < -0.3 is 4.74 Å². The molecule has 0 radical (unpaired) electrons. The van der Waals surface area contributed by atoms with Crippen LogP contribution in [0.4, 0.5) is 0 Å². The lowest BCUT2D eigenvalue weighted by Gasteiger charge is -2.12. The van der Waals surface area contributed by atoms with Crippen molar-refractivity contribution < 1.29 is 4.74 Å². The third-order valence-electron chi connectivity index (χ3n) is 4.67. The van der Waals surface area contributed by atoms with Crippen LogP contribution in [0, 0.1) is 19.8 Å². The summed E-state index contributed by atoms with van der Waals surface area (Å²) in [5, 5.41) is 9.99. The maximum atomic E-state index is 5.51. The maximum absolute atomic E-state index is 5.51. The zero-order valence-corrected chi connectivity index (χ0v) is 16.0. The normalized spacial score (nSPS) is 16.9. The fraction of sp³-hybridized carbons (Fsp3) is 0.333. The fourth-order valence-corrected chi connectivity index (χ4v) is 4.24. The van der Waals surface area contributed by atoms with Crippen molar-refractivity contribution in [3.05, 3.63) is 59.7 Å². The van der Waals surface area contributed by atoms with Gasteiger partial charge in [0.2, 0.25) is 0 Å². The summed E-state index contributed by atoms with van der Waals surface area (Å²) in [4.78, 5) is 0.